The van der Waals surface area contributed by atoms with E-state index in [1.54, 1.807) is 23.6 Å². The summed E-state index contributed by atoms with van der Waals surface area (Å²) in [4.78, 5) is 26.0. The summed E-state index contributed by atoms with van der Waals surface area (Å²) in [5.41, 5.74) is 0.952. The number of benzene rings is 1. The molecule has 28 heavy (non-hydrogen) atoms. The zero-order chi connectivity index (χ0) is 20.1. The van der Waals surface area contributed by atoms with Crippen molar-refractivity contribution in [1.29, 1.82) is 0 Å². The highest BCUT2D eigenvalue weighted by Gasteiger charge is 2.31. The van der Waals surface area contributed by atoms with Gasteiger partial charge in [-0.1, -0.05) is 12.1 Å². The minimum Gasteiger partial charge on any atom is -0.497 e. The third-order valence-corrected chi connectivity index (χ3v) is 5.19. The molecule has 0 spiro atoms. The van der Waals surface area contributed by atoms with Crippen LogP contribution in [-0.4, -0.2) is 62.3 Å². The molecule has 1 aliphatic heterocycles. The van der Waals surface area contributed by atoms with Crippen molar-refractivity contribution in [2.24, 2.45) is 5.92 Å². The number of aromatic nitrogens is 4. The second kappa shape index (κ2) is 8.81. The van der Waals surface area contributed by atoms with Crippen molar-refractivity contribution >= 4 is 11.9 Å². The molecule has 9 nitrogen and oxygen atoms in total. The van der Waals surface area contributed by atoms with Crippen LogP contribution in [0.25, 0.3) is 0 Å². The van der Waals surface area contributed by atoms with E-state index < -0.39 is 12.0 Å². The number of piperidine rings is 1. The number of carbonyl (C=O) groups is 2. The summed E-state index contributed by atoms with van der Waals surface area (Å²) in [5.74, 6) is 0.582. The molecule has 0 saturated carbocycles. The summed E-state index contributed by atoms with van der Waals surface area (Å²) in [6, 6.07) is 7.04. The third kappa shape index (κ3) is 4.65. The van der Waals surface area contributed by atoms with Crippen LogP contribution < -0.4 is 4.74 Å². The predicted molar refractivity (Wildman–Crippen MR) is 99.8 cm³/mol. The highest BCUT2D eigenvalue weighted by Crippen LogP contribution is 2.25. The van der Waals surface area contributed by atoms with E-state index in [0.29, 0.717) is 38.2 Å². The number of amides is 1. The van der Waals surface area contributed by atoms with Crippen molar-refractivity contribution in [2.45, 2.75) is 38.6 Å². The smallest absolute Gasteiger partial charge is 0.303 e. The molecule has 150 valence electrons. The molecule has 2 aromatic rings. The lowest BCUT2D eigenvalue weighted by molar-refractivity contribution is -0.139. The number of rotatable bonds is 7. The Morgan fingerprint density at radius 1 is 1.32 bits per heavy atom. The number of aliphatic carboxylic acids is 1. The Kier molecular flexibility index (Phi) is 6.23. The molecule has 0 radical (unpaired) electrons. The molecule has 1 N–H and O–H groups in total. The fraction of sp³-hybridized carbons (Fsp3) is 0.526. The van der Waals surface area contributed by atoms with Crippen LogP contribution in [0, 0.1) is 12.8 Å². The van der Waals surface area contributed by atoms with Crippen LogP contribution in [0.15, 0.2) is 24.3 Å². The normalized spacial score (nSPS) is 16.0. The second-order valence-corrected chi connectivity index (χ2v) is 7.11. The first-order valence-corrected chi connectivity index (χ1v) is 9.36. The molecule has 0 aliphatic carbocycles. The first-order chi connectivity index (χ1) is 13.5. The number of hydrogen-bond acceptors (Lipinski definition) is 6. The predicted octanol–water partition coefficient (Wildman–Crippen LogP) is 1.49. The van der Waals surface area contributed by atoms with E-state index in [4.69, 9.17) is 9.84 Å². The summed E-state index contributed by atoms with van der Waals surface area (Å²) in [6.07, 6.45) is 1.98. The molecule has 3 rings (SSSR count). The average Bonchev–Trinajstić information content (AvgIpc) is 3.11. The highest BCUT2D eigenvalue weighted by atomic mass is 16.5. The lowest BCUT2D eigenvalue weighted by atomic mass is 9.93. The van der Waals surface area contributed by atoms with Gasteiger partial charge >= 0.3 is 5.97 Å². The van der Waals surface area contributed by atoms with Crippen molar-refractivity contribution in [3.05, 3.63) is 35.7 Å². The first-order valence-electron chi connectivity index (χ1n) is 9.36. The molecule has 1 aromatic heterocycles. The standard InChI is InChI=1S/C19H25N5O4/c1-13-20-21-22-24(13)17(11-15-4-3-5-16(10-15)28-2)19(27)23-8-6-14(7-9-23)12-18(25)26/h3-5,10,14,17H,6-9,11-12H2,1-2H3,(H,25,26). The van der Waals surface area contributed by atoms with Gasteiger partial charge in [-0.3, -0.25) is 9.59 Å². The van der Waals surface area contributed by atoms with Gasteiger partial charge < -0.3 is 14.7 Å². The van der Waals surface area contributed by atoms with Crippen molar-refractivity contribution in [3.63, 3.8) is 0 Å². The average molecular weight is 387 g/mol. The molecule has 1 aliphatic rings. The minimum atomic E-state index is -0.787. The van der Waals surface area contributed by atoms with Crippen molar-refractivity contribution < 1.29 is 19.4 Å². The number of aryl methyl sites for hydroxylation is 1. The number of nitrogens with zero attached hydrogens (tertiary/aromatic N) is 5. The van der Waals surface area contributed by atoms with E-state index in [0.717, 1.165) is 11.3 Å². The lowest BCUT2D eigenvalue weighted by Crippen LogP contribution is -2.43. The van der Waals surface area contributed by atoms with Crippen LogP contribution >= 0.6 is 0 Å². The van der Waals surface area contributed by atoms with Crippen LogP contribution in [-0.2, 0) is 16.0 Å². The second-order valence-electron chi connectivity index (χ2n) is 7.11. The van der Waals surface area contributed by atoms with Crippen molar-refractivity contribution in [2.75, 3.05) is 20.2 Å². The molecule has 1 amide bonds. The van der Waals surface area contributed by atoms with Gasteiger partial charge in [0.2, 0.25) is 5.91 Å². The monoisotopic (exact) mass is 387 g/mol. The molecule has 1 atom stereocenters. The number of ether oxygens (including phenoxy) is 1. The fourth-order valence-electron chi connectivity index (χ4n) is 3.64. The Labute approximate surface area is 163 Å². The van der Waals surface area contributed by atoms with Crippen LogP contribution in [0.4, 0.5) is 0 Å². The fourth-order valence-corrected chi connectivity index (χ4v) is 3.64. The maximum Gasteiger partial charge on any atom is 0.303 e. The van der Waals surface area contributed by atoms with Gasteiger partial charge in [0, 0.05) is 25.9 Å². The topological polar surface area (TPSA) is 110 Å². The minimum absolute atomic E-state index is 0.0491. The zero-order valence-corrected chi connectivity index (χ0v) is 16.1. The number of likely N-dealkylation sites (tertiary alicyclic amines) is 1. The number of carboxylic acids is 1. The molecule has 1 fully saturated rings. The van der Waals surface area contributed by atoms with Crippen molar-refractivity contribution in [3.8, 4) is 5.75 Å². The van der Waals surface area contributed by atoms with Gasteiger partial charge in [-0.2, -0.15) is 0 Å². The van der Waals surface area contributed by atoms with Gasteiger partial charge in [0.25, 0.3) is 0 Å². The van der Waals surface area contributed by atoms with Crippen LogP contribution in [0.3, 0.4) is 0 Å². The Morgan fingerprint density at radius 2 is 2.07 bits per heavy atom. The summed E-state index contributed by atoms with van der Waals surface area (Å²) >= 11 is 0. The molecule has 0 bridgehead atoms. The van der Waals surface area contributed by atoms with E-state index in [9.17, 15) is 9.59 Å². The Hall–Kier alpha value is -2.97. The van der Waals surface area contributed by atoms with Gasteiger partial charge in [0.15, 0.2) is 0 Å². The summed E-state index contributed by atoms with van der Waals surface area (Å²) in [6.45, 7) is 2.87. The molecular formula is C19H25N5O4. The van der Waals surface area contributed by atoms with Crippen LogP contribution in [0.5, 0.6) is 5.75 Å². The Morgan fingerprint density at radius 3 is 2.68 bits per heavy atom. The molecule has 1 aromatic carbocycles. The summed E-state index contributed by atoms with van der Waals surface area (Å²) in [7, 11) is 1.61. The van der Waals surface area contributed by atoms with Gasteiger partial charge in [0.1, 0.15) is 17.6 Å². The van der Waals surface area contributed by atoms with Crippen molar-refractivity contribution in [1.82, 2.24) is 25.1 Å². The Bertz CT molecular complexity index is 829. The maximum atomic E-state index is 13.3. The number of tetrazole rings is 1. The van der Waals surface area contributed by atoms with Crippen LogP contribution in [0.1, 0.15) is 36.7 Å². The number of carbonyl (C=O) groups excluding carboxylic acids is 1. The van der Waals surface area contributed by atoms with E-state index in [1.807, 2.05) is 24.3 Å². The third-order valence-electron chi connectivity index (χ3n) is 5.19. The SMILES string of the molecule is COc1cccc(CC(C(=O)N2CCC(CC(=O)O)CC2)n2nnnc2C)c1. The summed E-state index contributed by atoms with van der Waals surface area (Å²) < 4.78 is 6.84. The highest BCUT2D eigenvalue weighted by molar-refractivity contribution is 5.81. The van der Waals surface area contributed by atoms with Gasteiger partial charge in [-0.05, 0) is 53.8 Å². The van der Waals surface area contributed by atoms with E-state index in [1.165, 1.54) is 0 Å². The molecular weight excluding hydrogens is 362 g/mol. The number of methoxy groups -OCH3 is 1. The Balaban J connectivity index is 1.77. The lowest BCUT2D eigenvalue weighted by Gasteiger charge is -2.34. The molecule has 9 heteroatoms. The van der Waals surface area contributed by atoms with Gasteiger partial charge in [-0.25, -0.2) is 4.68 Å². The molecule has 1 unspecified atom stereocenters. The molecule has 2 heterocycles. The maximum absolute atomic E-state index is 13.3. The van der Waals surface area contributed by atoms with E-state index >= 15 is 0 Å². The zero-order valence-electron chi connectivity index (χ0n) is 16.1. The van der Waals surface area contributed by atoms with E-state index in [2.05, 4.69) is 15.5 Å². The molecule has 1 saturated heterocycles. The number of hydrogen-bond donors (Lipinski definition) is 1. The quantitative estimate of drug-likeness (QED) is 0.766. The van der Waals surface area contributed by atoms with Gasteiger partial charge in [-0.15, -0.1) is 5.10 Å². The number of carboxylic acid groups (broad SMARTS) is 1. The van der Waals surface area contributed by atoms with Crippen LogP contribution in [0.2, 0.25) is 0 Å². The first kappa shape index (κ1) is 19.8. The van der Waals surface area contributed by atoms with Gasteiger partial charge in [0.05, 0.1) is 7.11 Å². The largest absolute Gasteiger partial charge is 0.497 e. The summed E-state index contributed by atoms with van der Waals surface area (Å²) in [5, 5.41) is 20.6. The van der Waals surface area contributed by atoms with E-state index in [-0.39, 0.29) is 18.2 Å².